The Labute approximate surface area is 162 Å². The van der Waals surface area contributed by atoms with Crippen LogP contribution in [0.3, 0.4) is 0 Å². The number of rotatable bonds is 7. The number of benzene rings is 1. The van der Waals surface area contributed by atoms with E-state index in [-0.39, 0.29) is 10.5 Å². The number of nitrogens with zero attached hydrogens (tertiary/aromatic N) is 1. The number of carboxylic acid groups (broad SMARTS) is 1. The van der Waals surface area contributed by atoms with Crippen LogP contribution < -0.4 is 10.6 Å². The van der Waals surface area contributed by atoms with Crippen LogP contribution in [0.15, 0.2) is 29.2 Å². The van der Waals surface area contributed by atoms with Gasteiger partial charge in [-0.2, -0.15) is 0 Å². The number of fused-ring (bicyclic) bond motifs is 1. The molecule has 2 rings (SSSR count). The first kappa shape index (κ1) is 21.4. The minimum Gasteiger partial charge on any atom is -0.480 e. The molecule has 2 unspecified atom stereocenters. The van der Waals surface area contributed by atoms with Crippen molar-refractivity contribution in [3.05, 3.63) is 29.8 Å². The Morgan fingerprint density at radius 1 is 1.11 bits per heavy atom. The van der Waals surface area contributed by atoms with Gasteiger partial charge in [0, 0.05) is 0 Å². The number of sulfonamides is 1. The van der Waals surface area contributed by atoms with Gasteiger partial charge in [-0.3, -0.25) is 19.2 Å². The first-order valence-electron chi connectivity index (χ1n) is 8.45. The molecule has 1 heterocycles. The lowest BCUT2D eigenvalue weighted by molar-refractivity contribution is -0.142. The molecule has 3 amide bonds. The largest absolute Gasteiger partial charge is 0.480 e. The van der Waals surface area contributed by atoms with Crippen molar-refractivity contribution in [1.29, 1.82) is 0 Å². The molecule has 1 aliphatic rings. The molecule has 152 valence electrons. The zero-order valence-corrected chi connectivity index (χ0v) is 16.3. The molecule has 0 aromatic heterocycles. The summed E-state index contributed by atoms with van der Waals surface area (Å²) in [6, 6.07) is 3.34. The summed E-state index contributed by atoms with van der Waals surface area (Å²) in [6.45, 7) is 3.74. The van der Waals surface area contributed by atoms with E-state index in [1.807, 2.05) is 0 Å². The Balaban J connectivity index is 2.13. The fourth-order valence-electron chi connectivity index (χ4n) is 2.64. The number of hydrogen-bond donors (Lipinski definition) is 3. The van der Waals surface area contributed by atoms with E-state index < -0.39 is 58.3 Å². The lowest BCUT2D eigenvalue weighted by Crippen LogP contribution is -2.54. The van der Waals surface area contributed by atoms with Gasteiger partial charge in [-0.1, -0.05) is 26.0 Å². The van der Waals surface area contributed by atoms with Gasteiger partial charge in [0.2, 0.25) is 11.8 Å². The highest BCUT2D eigenvalue weighted by molar-refractivity contribution is 7.90. The van der Waals surface area contributed by atoms with Crippen LogP contribution in [0.1, 0.15) is 31.1 Å². The molecular weight excluding hydrogens is 390 g/mol. The third-order valence-electron chi connectivity index (χ3n) is 4.19. The standard InChI is InChI=1S/C17H21N3O7S/c1-9(2)14(15(22)18-10(3)17(24)25)19-13(21)8-20-16(23)11-6-4-5-7-12(11)28(20,26)27/h4-7,9-10,14H,8H2,1-3H3,(H,18,22)(H,19,21)(H,24,25). The van der Waals surface area contributed by atoms with Crippen molar-refractivity contribution in [3.63, 3.8) is 0 Å². The van der Waals surface area contributed by atoms with Crippen LogP contribution in [0.2, 0.25) is 0 Å². The summed E-state index contributed by atoms with van der Waals surface area (Å²) < 4.78 is 25.4. The van der Waals surface area contributed by atoms with Crippen molar-refractivity contribution in [2.75, 3.05) is 6.54 Å². The molecule has 0 bridgehead atoms. The number of hydrogen-bond acceptors (Lipinski definition) is 6. The van der Waals surface area contributed by atoms with E-state index in [0.29, 0.717) is 4.31 Å². The van der Waals surface area contributed by atoms with E-state index in [1.165, 1.54) is 31.2 Å². The van der Waals surface area contributed by atoms with Crippen LogP contribution in [0.25, 0.3) is 0 Å². The number of nitrogens with one attached hydrogen (secondary N) is 2. The van der Waals surface area contributed by atoms with E-state index in [1.54, 1.807) is 13.8 Å². The maximum absolute atomic E-state index is 12.5. The summed E-state index contributed by atoms with van der Waals surface area (Å²) in [5.41, 5.74) is -0.0243. The summed E-state index contributed by atoms with van der Waals surface area (Å²) >= 11 is 0. The van der Waals surface area contributed by atoms with Gasteiger partial charge in [-0.25, -0.2) is 12.7 Å². The smallest absolute Gasteiger partial charge is 0.325 e. The number of carboxylic acids is 1. The second kappa shape index (κ2) is 7.97. The van der Waals surface area contributed by atoms with Crippen LogP contribution in [0, 0.1) is 5.92 Å². The molecule has 3 N–H and O–H groups in total. The van der Waals surface area contributed by atoms with Gasteiger partial charge in [0.1, 0.15) is 23.5 Å². The second-order valence-corrected chi connectivity index (χ2v) is 8.50. The maximum atomic E-state index is 12.5. The highest BCUT2D eigenvalue weighted by atomic mass is 32.2. The van der Waals surface area contributed by atoms with Gasteiger partial charge in [-0.05, 0) is 25.0 Å². The summed E-state index contributed by atoms with van der Waals surface area (Å²) in [4.78, 5) is 47.7. The van der Waals surface area contributed by atoms with Crippen molar-refractivity contribution in [1.82, 2.24) is 14.9 Å². The Morgan fingerprint density at radius 2 is 1.71 bits per heavy atom. The molecule has 0 aliphatic carbocycles. The van der Waals surface area contributed by atoms with Crippen molar-refractivity contribution in [2.45, 2.75) is 37.8 Å². The Morgan fingerprint density at radius 3 is 2.25 bits per heavy atom. The number of amides is 3. The van der Waals surface area contributed by atoms with E-state index in [0.717, 1.165) is 0 Å². The van der Waals surface area contributed by atoms with E-state index in [4.69, 9.17) is 5.11 Å². The molecule has 11 heteroatoms. The quantitative estimate of drug-likeness (QED) is 0.550. The molecule has 1 aromatic carbocycles. The Hall–Kier alpha value is -2.95. The monoisotopic (exact) mass is 411 g/mol. The van der Waals surface area contributed by atoms with Crippen molar-refractivity contribution in [3.8, 4) is 0 Å². The molecule has 10 nitrogen and oxygen atoms in total. The van der Waals surface area contributed by atoms with Crippen LogP contribution in [0.4, 0.5) is 0 Å². The fraction of sp³-hybridized carbons (Fsp3) is 0.412. The average Bonchev–Trinajstić information content (AvgIpc) is 2.80. The van der Waals surface area contributed by atoms with Crippen molar-refractivity contribution >= 4 is 33.7 Å². The highest BCUT2D eigenvalue weighted by Crippen LogP contribution is 2.29. The van der Waals surface area contributed by atoms with E-state index >= 15 is 0 Å². The lowest BCUT2D eigenvalue weighted by Gasteiger charge is -2.24. The summed E-state index contributed by atoms with van der Waals surface area (Å²) in [5, 5.41) is 13.5. The van der Waals surface area contributed by atoms with E-state index in [2.05, 4.69) is 10.6 Å². The average molecular weight is 411 g/mol. The van der Waals surface area contributed by atoms with Gasteiger partial charge in [0.05, 0.1) is 5.56 Å². The zero-order valence-electron chi connectivity index (χ0n) is 15.5. The molecule has 28 heavy (non-hydrogen) atoms. The fourth-order valence-corrected chi connectivity index (χ4v) is 4.16. The van der Waals surface area contributed by atoms with Gasteiger partial charge >= 0.3 is 5.97 Å². The molecule has 0 spiro atoms. The molecule has 0 saturated heterocycles. The summed E-state index contributed by atoms with van der Waals surface area (Å²) in [7, 11) is -4.15. The topological polar surface area (TPSA) is 150 Å². The van der Waals surface area contributed by atoms with E-state index in [9.17, 15) is 27.6 Å². The molecule has 2 atom stereocenters. The third-order valence-corrected chi connectivity index (χ3v) is 5.98. The van der Waals surface area contributed by atoms with Gasteiger partial charge in [0.15, 0.2) is 0 Å². The SMILES string of the molecule is CC(NC(=O)C(NC(=O)CN1C(=O)c2ccccc2S1(=O)=O)C(C)C)C(=O)O. The second-order valence-electron chi connectivity index (χ2n) is 6.67. The van der Waals surface area contributed by atoms with Gasteiger partial charge < -0.3 is 15.7 Å². The zero-order chi connectivity index (χ0) is 21.2. The van der Waals surface area contributed by atoms with Gasteiger partial charge in [0.25, 0.3) is 15.9 Å². The highest BCUT2D eigenvalue weighted by Gasteiger charge is 2.42. The minimum atomic E-state index is -4.15. The first-order chi connectivity index (χ1) is 13.0. The molecule has 0 fully saturated rings. The van der Waals surface area contributed by atoms with Crippen LogP contribution in [-0.2, 0) is 24.4 Å². The van der Waals surface area contributed by atoms with Crippen LogP contribution in [0.5, 0.6) is 0 Å². The molecule has 0 radical (unpaired) electrons. The number of carbonyl (C=O) groups is 4. The van der Waals surface area contributed by atoms with Crippen LogP contribution in [-0.4, -0.2) is 60.1 Å². The normalized spacial score (nSPS) is 17.0. The minimum absolute atomic E-state index is 0.0243. The first-order valence-corrected chi connectivity index (χ1v) is 9.89. The molecule has 1 aromatic rings. The van der Waals surface area contributed by atoms with Crippen molar-refractivity contribution < 1.29 is 32.7 Å². The molecular formula is C17H21N3O7S. The summed E-state index contributed by atoms with van der Waals surface area (Å²) in [6.07, 6.45) is 0. The number of carbonyl (C=O) groups excluding carboxylic acids is 3. The number of aliphatic carboxylic acids is 1. The third kappa shape index (κ3) is 4.14. The maximum Gasteiger partial charge on any atom is 0.325 e. The molecule has 1 aliphatic heterocycles. The molecule has 0 saturated carbocycles. The van der Waals surface area contributed by atoms with Crippen LogP contribution >= 0.6 is 0 Å². The van der Waals surface area contributed by atoms with Gasteiger partial charge in [-0.15, -0.1) is 0 Å². The Kier molecular flexibility index (Phi) is 6.07. The lowest BCUT2D eigenvalue weighted by atomic mass is 10.0. The Bertz CT molecular complexity index is 926. The predicted molar refractivity (Wildman–Crippen MR) is 96.7 cm³/mol. The van der Waals surface area contributed by atoms with Crippen molar-refractivity contribution in [2.24, 2.45) is 5.92 Å². The summed E-state index contributed by atoms with van der Waals surface area (Å²) in [5.74, 6) is -4.06. The predicted octanol–water partition coefficient (Wildman–Crippen LogP) is -0.439.